The first kappa shape index (κ1) is 14.5. The molecule has 1 aromatic rings. The van der Waals surface area contributed by atoms with Crippen molar-refractivity contribution in [2.75, 3.05) is 0 Å². The summed E-state index contributed by atoms with van der Waals surface area (Å²) in [6, 6.07) is 5.68. The highest BCUT2D eigenvalue weighted by atomic mass is 16.5. The third-order valence-electron chi connectivity index (χ3n) is 4.16. The Morgan fingerprint density at radius 1 is 1.36 bits per heavy atom. The van der Waals surface area contributed by atoms with Crippen molar-refractivity contribution in [1.82, 2.24) is 4.98 Å². The van der Waals surface area contributed by atoms with Gasteiger partial charge in [-0.15, -0.1) is 0 Å². The molecule has 0 aromatic carbocycles. The monoisotopic (exact) mass is 295 g/mol. The first-order valence-electron chi connectivity index (χ1n) is 7.24. The minimum absolute atomic E-state index is 0.0889. The lowest BCUT2D eigenvalue weighted by atomic mass is 9.72. The van der Waals surface area contributed by atoms with Gasteiger partial charge in [-0.1, -0.05) is 13.8 Å². The van der Waals surface area contributed by atoms with Gasteiger partial charge < -0.3 is 10.1 Å². The predicted octanol–water partition coefficient (Wildman–Crippen LogP) is 2.96. The molecule has 1 aromatic heterocycles. The molecule has 5 nitrogen and oxygen atoms in total. The van der Waals surface area contributed by atoms with Gasteiger partial charge in [0.25, 0.3) is 0 Å². The van der Waals surface area contributed by atoms with Crippen LogP contribution in [0.15, 0.2) is 35.9 Å². The van der Waals surface area contributed by atoms with Crippen molar-refractivity contribution in [3.63, 3.8) is 0 Å². The molecule has 0 saturated carbocycles. The fourth-order valence-corrected chi connectivity index (χ4v) is 3.14. The van der Waals surface area contributed by atoms with Crippen LogP contribution in [0.3, 0.4) is 0 Å². The molecular weight excluding hydrogens is 278 g/mol. The largest absolute Gasteiger partial charge is 0.487 e. The van der Waals surface area contributed by atoms with Crippen LogP contribution in [-0.2, 0) is 9.53 Å². The van der Waals surface area contributed by atoms with E-state index in [1.165, 1.54) is 0 Å². The van der Waals surface area contributed by atoms with Gasteiger partial charge in [0.05, 0.1) is 17.4 Å². The van der Waals surface area contributed by atoms with Crippen LogP contribution in [0, 0.1) is 28.1 Å². The molecule has 2 atom stereocenters. The first-order chi connectivity index (χ1) is 10.4. The average Bonchev–Trinajstić information content (AvgIpc) is 2.46. The van der Waals surface area contributed by atoms with E-state index in [0.717, 1.165) is 5.56 Å². The van der Waals surface area contributed by atoms with Crippen molar-refractivity contribution in [2.24, 2.45) is 11.3 Å². The topological polar surface area (TPSA) is 86.8 Å². The van der Waals surface area contributed by atoms with E-state index in [0.29, 0.717) is 24.2 Å². The number of carbonyl (C=O) groups is 1. The summed E-state index contributed by atoms with van der Waals surface area (Å²) in [7, 11) is 0. The molecule has 3 rings (SSSR count). The number of hydrogen-bond donors (Lipinski definition) is 1. The smallest absolute Gasteiger partial charge is 0.168 e. The summed E-state index contributed by atoms with van der Waals surface area (Å²) < 4.78 is 6.02. The summed E-state index contributed by atoms with van der Waals surface area (Å²) in [6.45, 7) is 4.03. The lowest BCUT2D eigenvalue weighted by Crippen LogP contribution is -2.38. The number of nitrogens with zero attached hydrogens (tertiary/aromatic N) is 2. The second kappa shape index (κ2) is 5.06. The second-order valence-electron chi connectivity index (χ2n) is 6.58. The van der Waals surface area contributed by atoms with E-state index < -0.39 is 12.0 Å². The van der Waals surface area contributed by atoms with Gasteiger partial charge in [0.2, 0.25) is 0 Å². The fourth-order valence-electron chi connectivity index (χ4n) is 3.14. The van der Waals surface area contributed by atoms with Crippen LogP contribution in [0.5, 0.6) is 0 Å². The molecule has 0 radical (unpaired) electrons. The molecule has 2 aliphatic rings. The van der Waals surface area contributed by atoms with Crippen molar-refractivity contribution in [3.05, 3.63) is 41.4 Å². The Kier molecular flexibility index (Phi) is 3.32. The van der Waals surface area contributed by atoms with E-state index in [-0.39, 0.29) is 16.9 Å². The van der Waals surface area contributed by atoms with Crippen molar-refractivity contribution in [1.29, 1.82) is 10.7 Å². The number of ketones is 1. The molecular formula is C17H17N3O2. The summed E-state index contributed by atoms with van der Waals surface area (Å²) in [6.07, 6.45) is 3.71. The van der Waals surface area contributed by atoms with E-state index in [2.05, 4.69) is 11.1 Å². The SMILES string of the molecule is CC1(C)CC(=O)C2=C(C1)OC(c1ccncc1)C(C#N)C2=N. The zero-order chi connectivity index (χ0) is 15.9. The number of aromatic nitrogens is 1. The molecule has 22 heavy (non-hydrogen) atoms. The number of pyridine rings is 1. The maximum atomic E-state index is 12.4. The van der Waals surface area contributed by atoms with Gasteiger partial charge in [-0.3, -0.25) is 9.78 Å². The van der Waals surface area contributed by atoms with Crippen LogP contribution >= 0.6 is 0 Å². The summed E-state index contributed by atoms with van der Waals surface area (Å²) in [5, 5.41) is 17.8. The van der Waals surface area contributed by atoms with E-state index >= 15 is 0 Å². The number of nitriles is 1. The third-order valence-corrected chi connectivity index (χ3v) is 4.16. The van der Waals surface area contributed by atoms with Crippen molar-refractivity contribution < 1.29 is 9.53 Å². The van der Waals surface area contributed by atoms with Crippen LogP contribution in [0.1, 0.15) is 38.4 Å². The molecule has 1 aliphatic carbocycles. The lowest BCUT2D eigenvalue weighted by molar-refractivity contribution is -0.118. The molecule has 0 saturated heterocycles. The number of rotatable bonds is 1. The van der Waals surface area contributed by atoms with Crippen LogP contribution in [0.2, 0.25) is 0 Å². The maximum Gasteiger partial charge on any atom is 0.168 e. The second-order valence-corrected chi connectivity index (χ2v) is 6.58. The first-order valence-corrected chi connectivity index (χ1v) is 7.24. The van der Waals surface area contributed by atoms with Crippen LogP contribution in [-0.4, -0.2) is 16.5 Å². The Morgan fingerprint density at radius 3 is 2.68 bits per heavy atom. The van der Waals surface area contributed by atoms with Gasteiger partial charge in [0, 0.05) is 25.2 Å². The lowest BCUT2D eigenvalue weighted by Gasteiger charge is -2.39. The standard InChI is InChI=1S/C17H17N3O2/c1-17(2)7-12(21)14-13(8-17)22-16(11(9-18)15(14)19)10-3-5-20-6-4-10/h3-6,11,16,19H,7-8H2,1-2H3. The van der Waals surface area contributed by atoms with Gasteiger partial charge in [-0.25, -0.2) is 0 Å². The highest BCUT2D eigenvalue weighted by Crippen LogP contribution is 2.45. The van der Waals surface area contributed by atoms with Gasteiger partial charge in [0.1, 0.15) is 17.8 Å². The molecule has 0 fully saturated rings. The average molecular weight is 295 g/mol. The van der Waals surface area contributed by atoms with E-state index in [9.17, 15) is 10.1 Å². The van der Waals surface area contributed by atoms with Crippen LogP contribution in [0.25, 0.3) is 0 Å². The molecule has 2 unspecified atom stereocenters. The summed E-state index contributed by atoms with van der Waals surface area (Å²) in [5.74, 6) is -0.310. The molecule has 112 valence electrons. The van der Waals surface area contributed by atoms with Crippen LogP contribution in [0.4, 0.5) is 0 Å². The zero-order valence-electron chi connectivity index (χ0n) is 12.6. The fraction of sp³-hybridized carbons (Fsp3) is 0.412. The highest BCUT2D eigenvalue weighted by molar-refractivity contribution is 6.24. The molecule has 1 aliphatic heterocycles. The number of carbonyl (C=O) groups excluding carboxylic acids is 1. The number of hydrogen-bond acceptors (Lipinski definition) is 5. The molecule has 0 spiro atoms. The number of nitrogens with one attached hydrogen (secondary N) is 1. The number of ether oxygens (including phenoxy) is 1. The van der Waals surface area contributed by atoms with E-state index in [1.807, 2.05) is 13.8 Å². The predicted molar refractivity (Wildman–Crippen MR) is 79.9 cm³/mol. The van der Waals surface area contributed by atoms with E-state index in [4.69, 9.17) is 10.1 Å². The van der Waals surface area contributed by atoms with E-state index in [1.54, 1.807) is 24.5 Å². The molecule has 0 amide bonds. The Balaban J connectivity index is 2.06. The molecule has 2 heterocycles. The quantitative estimate of drug-likeness (QED) is 0.862. The van der Waals surface area contributed by atoms with Crippen molar-refractivity contribution in [2.45, 2.75) is 32.8 Å². The van der Waals surface area contributed by atoms with Gasteiger partial charge in [-0.05, 0) is 23.1 Å². The zero-order valence-corrected chi connectivity index (χ0v) is 12.6. The maximum absolute atomic E-state index is 12.4. The summed E-state index contributed by atoms with van der Waals surface area (Å²) >= 11 is 0. The number of Topliss-reactive ketones (excluding diaryl/α,β-unsaturated/α-hetero) is 1. The molecule has 0 bridgehead atoms. The minimum atomic E-state index is -0.772. The van der Waals surface area contributed by atoms with Gasteiger partial charge >= 0.3 is 0 Å². The Morgan fingerprint density at radius 2 is 2.05 bits per heavy atom. The molecule has 1 N–H and O–H groups in total. The minimum Gasteiger partial charge on any atom is -0.487 e. The third kappa shape index (κ3) is 2.31. The summed E-state index contributed by atoms with van der Waals surface area (Å²) in [4.78, 5) is 16.3. The van der Waals surface area contributed by atoms with Crippen LogP contribution < -0.4 is 0 Å². The van der Waals surface area contributed by atoms with Gasteiger partial charge in [0.15, 0.2) is 5.78 Å². The Labute approximate surface area is 129 Å². The Bertz CT molecular complexity index is 713. The Hall–Kier alpha value is -2.48. The van der Waals surface area contributed by atoms with Gasteiger partial charge in [-0.2, -0.15) is 5.26 Å². The highest BCUT2D eigenvalue weighted by Gasteiger charge is 2.44. The number of allylic oxidation sites excluding steroid dienone is 2. The molecule has 5 heteroatoms. The van der Waals surface area contributed by atoms with Crippen molar-refractivity contribution in [3.8, 4) is 6.07 Å². The summed E-state index contributed by atoms with van der Waals surface area (Å²) in [5.41, 5.74) is 1.02. The normalized spacial score (nSPS) is 27.0. The van der Waals surface area contributed by atoms with Crippen molar-refractivity contribution >= 4 is 11.5 Å².